The quantitative estimate of drug-likeness (QED) is 0.926. The molecule has 0 radical (unpaired) electrons. The van der Waals surface area contributed by atoms with E-state index in [9.17, 15) is 4.79 Å². The predicted molar refractivity (Wildman–Crippen MR) is 79.4 cm³/mol. The van der Waals surface area contributed by atoms with Crippen molar-refractivity contribution >= 4 is 17.2 Å². The molecular weight excluding hydrogens is 268 g/mol. The molecule has 0 atom stereocenters. The Balaban J connectivity index is 1.38. The molecule has 108 valence electrons. The summed E-state index contributed by atoms with van der Waals surface area (Å²) in [4.78, 5) is 17.0. The molecule has 4 bridgehead atoms. The van der Waals surface area contributed by atoms with E-state index in [-0.39, 0.29) is 5.41 Å². The van der Waals surface area contributed by atoms with Crippen molar-refractivity contribution in [2.45, 2.75) is 44.9 Å². The number of rotatable bonds is 4. The maximum Gasteiger partial charge on any atom is 0.226 e. The van der Waals surface area contributed by atoms with E-state index in [2.05, 4.69) is 10.3 Å². The Hall–Kier alpha value is -0.900. The first-order chi connectivity index (χ1) is 9.73. The molecule has 0 aromatic carbocycles. The standard InChI is InChI=1S/C16H22N2OS/c19-15(18-2-1-14-17-3-4-20-14)16-8-11-5-12(9-16)7-13(6-11)10-16/h3-4,11-13H,1-2,5-10H2,(H,18,19). The van der Waals surface area contributed by atoms with E-state index in [1.807, 2.05) is 11.6 Å². The molecule has 0 saturated heterocycles. The van der Waals surface area contributed by atoms with Crippen LogP contribution in [-0.2, 0) is 11.2 Å². The highest BCUT2D eigenvalue weighted by Crippen LogP contribution is 2.60. The van der Waals surface area contributed by atoms with E-state index >= 15 is 0 Å². The molecule has 5 rings (SSSR count). The molecule has 1 amide bonds. The topological polar surface area (TPSA) is 42.0 Å². The predicted octanol–water partition coefficient (Wildman–Crippen LogP) is 3.02. The van der Waals surface area contributed by atoms with E-state index < -0.39 is 0 Å². The number of thiazole rings is 1. The van der Waals surface area contributed by atoms with Crippen LogP contribution in [0.3, 0.4) is 0 Å². The van der Waals surface area contributed by atoms with Crippen LogP contribution < -0.4 is 5.32 Å². The zero-order chi connectivity index (χ0) is 13.6. The van der Waals surface area contributed by atoms with E-state index in [0.717, 1.165) is 55.0 Å². The number of amides is 1. The number of hydrogen-bond donors (Lipinski definition) is 1. The minimum Gasteiger partial charge on any atom is -0.355 e. The van der Waals surface area contributed by atoms with Gasteiger partial charge in [-0.2, -0.15) is 0 Å². The van der Waals surface area contributed by atoms with Crippen molar-refractivity contribution in [3.8, 4) is 0 Å². The fourth-order valence-electron chi connectivity index (χ4n) is 5.24. The van der Waals surface area contributed by atoms with Gasteiger partial charge in [-0.15, -0.1) is 11.3 Å². The molecule has 4 fully saturated rings. The van der Waals surface area contributed by atoms with Gasteiger partial charge in [0.15, 0.2) is 0 Å². The first kappa shape index (κ1) is 12.8. The fourth-order valence-corrected chi connectivity index (χ4v) is 5.86. The van der Waals surface area contributed by atoms with Gasteiger partial charge in [-0.25, -0.2) is 4.98 Å². The third kappa shape index (κ3) is 2.18. The largest absolute Gasteiger partial charge is 0.355 e. The molecule has 1 heterocycles. The highest BCUT2D eigenvalue weighted by Gasteiger charge is 2.54. The number of carbonyl (C=O) groups excluding carboxylic acids is 1. The first-order valence-corrected chi connectivity index (χ1v) is 8.78. The fraction of sp³-hybridized carbons (Fsp3) is 0.750. The molecule has 4 saturated carbocycles. The van der Waals surface area contributed by atoms with Gasteiger partial charge in [0.05, 0.1) is 5.01 Å². The maximum atomic E-state index is 12.7. The normalized spacial score (nSPS) is 38.1. The summed E-state index contributed by atoms with van der Waals surface area (Å²) in [6, 6.07) is 0. The van der Waals surface area contributed by atoms with Gasteiger partial charge in [0.25, 0.3) is 0 Å². The Morgan fingerprint density at radius 2 is 1.90 bits per heavy atom. The SMILES string of the molecule is O=C(NCCc1nccs1)C12CC3CC(CC(C3)C1)C2. The number of hydrogen-bond acceptors (Lipinski definition) is 3. The summed E-state index contributed by atoms with van der Waals surface area (Å²) in [7, 11) is 0. The van der Waals surface area contributed by atoms with Crippen molar-refractivity contribution in [1.29, 1.82) is 0 Å². The second kappa shape index (κ2) is 4.83. The maximum absolute atomic E-state index is 12.7. The van der Waals surface area contributed by atoms with Crippen LogP contribution in [0, 0.1) is 23.2 Å². The van der Waals surface area contributed by atoms with Gasteiger partial charge in [-0.05, 0) is 56.3 Å². The molecule has 0 aliphatic heterocycles. The second-order valence-electron chi connectivity index (χ2n) is 7.13. The lowest BCUT2D eigenvalue weighted by Crippen LogP contribution is -2.53. The van der Waals surface area contributed by atoms with Gasteiger partial charge >= 0.3 is 0 Å². The molecule has 4 aliphatic carbocycles. The Labute approximate surface area is 124 Å². The lowest BCUT2D eigenvalue weighted by atomic mass is 9.49. The molecule has 4 aliphatic rings. The van der Waals surface area contributed by atoms with Crippen LogP contribution in [0.5, 0.6) is 0 Å². The minimum absolute atomic E-state index is 0.00235. The van der Waals surface area contributed by atoms with Gasteiger partial charge in [-0.3, -0.25) is 4.79 Å². The summed E-state index contributed by atoms with van der Waals surface area (Å²) in [5.74, 6) is 2.86. The zero-order valence-corrected chi connectivity index (χ0v) is 12.6. The van der Waals surface area contributed by atoms with Gasteiger partial charge in [0, 0.05) is 30.0 Å². The summed E-state index contributed by atoms with van der Waals surface area (Å²) >= 11 is 1.67. The Morgan fingerprint density at radius 3 is 2.45 bits per heavy atom. The van der Waals surface area contributed by atoms with E-state index in [0.29, 0.717) is 5.91 Å². The molecule has 0 spiro atoms. The Morgan fingerprint density at radius 1 is 1.25 bits per heavy atom. The van der Waals surface area contributed by atoms with Crippen molar-refractivity contribution in [3.63, 3.8) is 0 Å². The summed E-state index contributed by atoms with van der Waals surface area (Å²) < 4.78 is 0. The van der Waals surface area contributed by atoms with Gasteiger partial charge in [0.1, 0.15) is 0 Å². The van der Waals surface area contributed by atoms with Crippen molar-refractivity contribution in [1.82, 2.24) is 10.3 Å². The number of nitrogens with zero attached hydrogens (tertiary/aromatic N) is 1. The number of aromatic nitrogens is 1. The van der Waals surface area contributed by atoms with Crippen LogP contribution in [0.1, 0.15) is 43.5 Å². The van der Waals surface area contributed by atoms with Crippen LogP contribution in [0.2, 0.25) is 0 Å². The monoisotopic (exact) mass is 290 g/mol. The van der Waals surface area contributed by atoms with Crippen LogP contribution in [0.4, 0.5) is 0 Å². The lowest BCUT2D eigenvalue weighted by molar-refractivity contribution is -0.146. The molecule has 1 aromatic rings. The third-order valence-electron chi connectivity index (χ3n) is 5.63. The lowest BCUT2D eigenvalue weighted by Gasteiger charge is -2.55. The van der Waals surface area contributed by atoms with Crippen molar-refractivity contribution < 1.29 is 4.79 Å². The average molecular weight is 290 g/mol. The first-order valence-electron chi connectivity index (χ1n) is 7.90. The van der Waals surface area contributed by atoms with Crippen LogP contribution in [0.15, 0.2) is 11.6 Å². The summed E-state index contributed by atoms with van der Waals surface area (Å²) in [5.41, 5.74) is -0.00235. The zero-order valence-electron chi connectivity index (χ0n) is 11.8. The Kier molecular flexibility index (Phi) is 3.09. The van der Waals surface area contributed by atoms with Gasteiger partial charge < -0.3 is 5.32 Å². The van der Waals surface area contributed by atoms with E-state index in [4.69, 9.17) is 0 Å². The smallest absolute Gasteiger partial charge is 0.226 e. The summed E-state index contributed by atoms with van der Waals surface area (Å²) in [6.45, 7) is 0.744. The van der Waals surface area contributed by atoms with Crippen LogP contribution >= 0.6 is 11.3 Å². The molecule has 0 unspecified atom stereocenters. The van der Waals surface area contributed by atoms with Crippen LogP contribution in [-0.4, -0.2) is 17.4 Å². The number of nitrogens with one attached hydrogen (secondary N) is 1. The highest BCUT2D eigenvalue weighted by atomic mass is 32.1. The molecule has 1 aromatic heterocycles. The molecule has 1 N–H and O–H groups in total. The second-order valence-corrected chi connectivity index (χ2v) is 8.11. The van der Waals surface area contributed by atoms with Crippen molar-refractivity contribution in [2.75, 3.05) is 6.54 Å². The Bertz CT molecular complexity index is 461. The highest BCUT2D eigenvalue weighted by molar-refractivity contribution is 7.09. The molecule has 4 heteroatoms. The third-order valence-corrected chi connectivity index (χ3v) is 6.47. The number of carbonyl (C=O) groups is 1. The van der Waals surface area contributed by atoms with Crippen molar-refractivity contribution in [3.05, 3.63) is 16.6 Å². The average Bonchev–Trinajstić information content (AvgIpc) is 2.90. The van der Waals surface area contributed by atoms with E-state index in [1.165, 1.54) is 19.3 Å². The van der Waals surface area contributed by atoms with Crippen LogP contribution in [0.25, 0.3) is 0 Å². The summed E-state index contributed by atoms with van der Waals surface area (Å²) in [5, 5.41) is 6.32. The minimum atomic E-state index is -0.00235. The van der Waals surface area contributed by atoms with E-state index in [1.54, 1.807) is 11.3 Å². The molecule has 3 nitrogen and oxygen atoms in total. The van der Waals surface area contributed by atoms with Gasteiger partial charge in [-0.1, -0.05) is 0 Å². The van der Waals surface area contributed by atoms with Crippen molar-refractivity contribution in [2.24, 2.45) is 23.2 Å². The molecule has 20 heavy (non-hydrogen) atoms. The molecular formula is C16H22N2OS. The summed E-state index contributed by atoms with van der Waals surface area (Å²) in [6.07, 6.45) is 10.4. The van der Waals surface area contributed by atoms with Gasteiger partial charge in [0.2, 0.25) is 5.91 Å².